The monoisotopic (exact) mass is 269 g/mol. The van der Waals surface area contributed by atoms with Crippen molar-refractivity contribution >= 4 is 11.8 Å². The van der Waals surface area contributed by atoms with Gasteiger partial charge in [0.05, 0.1) is 14.2 Å². The number of nitrogens with one attached hydrogen (secondary N) is 1. The van der Waals surface area contributed by atoms with Crippen LogP contribution in [0.25, 0.3) is 0 Å². The van der Waals surface area contributed by atoms with Gasteiger partial charge in [0.2, 0.25) is 0 Å². The molecule has 1 rings (SSSR count). The molecule has 18 heavy (non-hydrogen) atoms. The van der Waals surface area contributed by atoms with Crippen molar-refractivity contribution in [3.05, 3.63) is 23.3 Å². The third-order valence-corrected chi connectivity index (χ3v) is 3.79. The molecule has 0 aromatic heterocycles. The first-order chi connectivity index (χ1) is 8.69. The molecule has 1 atom stereocenters. The molecule has 0 saturated carbocycles. The molecule has 0 saturated heterocycles. The van der Waals surface area contributed by atoms with E-state index in [2.05, 4.69) is 17.6 Å². The summed E-state index contributed by atoms with van der Waals surface area (Å²) in [6.45, 7) is 2.03. The van der Waals surface area contributed by atoms with E-state index in [9.17, 15) is 0 Å². The Hall–Kier alpha value is -0.870. The second-order valence-electron chi connectivity index (χ2n) is 4.14. The predicted molar refractivity (Wildman–Crippen MR) is 79.1 cm³/mol. The lowest BCUT2D eigenvalue weighted by Gasteiger charge is -2.21. The summed E-state index contributed by atoms with van der Waals surface area (Å²) in [5.41, 5.74) is 2.26. The molecule has 1 aromatic rings. The van der Waals surface area contributed by atoms with E-state index in [1.54, 1.807) is 14.2 Å². The average molecular weight is 269 g/mol. The van der Waals surface area contributed by atoms with Crippen LogP contribution < -0.4 is 14.8 Å². The summed E-state index contributed by atoms with van der Waals surface area (Å²) >= 11 is 1.86. The van der Waals surface area contributed by atoms with E-state index in [0.717, 1.165) is 29.2 Å². The maximum atomic E-state index is 5.55. The van der Waals surface area contributed by atoms with Crippen LogP contribution in [0.15, 0.2) is 12.1 Å². The Kier molecular flexibility index (Phi) is 6.36. The summed E-state index contributed by atoms with van der Waals surface area (Å²) in [4.78, 5) is 0. The number of hydrogen-bond acceptors (Lipinski definition) is 4. The van der Waals surface area contributed by atoms with E-state index in [0.29, 0.717) is 6.04 Å². The lowest BCUT2D eigenvalue weighted by Crippen LogP contribution is -2.18. The maximum Gasteiger partial charge on any atom is 0.130 e. The average Bonchev–Trinajstić information content (AvgIpc) is 2.40. The SMILES string of the molecule is CNC(CCSC)c1ccc(OC)c(C)c1OC. The van der Waals surface area contributed by atoms with Gasteiger partial charge in [-0.3, -0.25) is 0 Å². The number of hydrogen-bond donors (Lipinski definition) is 1. The van der Waals surface area contributed by atoms with Crippen molar-refractivity contribution in [2.24, 2.45) is 0 Å². The maximum absolute atomic E-state index is 5.55. The zero-order valence-electron chi connectivity index (χ0n) is 11.9. The van der Waals surface area contributed by atoms with Crippen molar-refractivity contribution in [2.45, 2.75) is 19.4 Å². The van der Waals surface area contributed by atoms with Crippen LogP contribution in [0.1, 0.15) is 23.6 Å². The molecular weight excluding hydrogens is 246 g/mol. The fraction of sp³-hybridized carbons (Fsp3) is 0.571. The second-order valence-corrected chi connectivity index (χ2v) is 5.12. The predicted octanol–water partition coefficient (Wildman–Crippen LogP) is 3.03. The van der Waals surface area contributed by atoms with Crippen molar-refractivity contribution < 1.29 is 9.47 Å². The van der Waals surface area contributed by atoms with Gasteiger partial charge in [0, 0.05) is 17.2 Å². The minimum absolute atomic E-state index is 0.317. The van der Waals surface area contributed by atoms with Gasteiger partial charge in [-0.25, -0.2) is 0 Å². The molecule has 0 fully saturated rings. The first-order valence-corrected chi connectivity index (χ1v) is 7.46. The normalized spacial score (nSPS) is 12.3. The molecule has 4 heteroatoms. The van der Waals surface area contributed by atoms with Gasteiger partial charge in [0.15, 0.2) is 0 Å². The summed E-state index contributed by atoms with van der Waals surface area (Å²) in [7, 11) is 5.39. The summed E-state index contributed by atoms with van der Waals surface area (Å²) in [6.07, 6.45) is 3.21. The van der Waals surface area contributed by atoms with E-state index in [-0.39, 0.29) is 0 Å². The van der Waals surface area contributed by atoms with Gasteiger partial charge in [-0.15, -0.1) is 0 Å². The Bertz CT molecular complexity index is 382. The number of thioether (sulfide) groups is 1. The summed E-state index contributed by atoms with van der Waals surface area (Å²) in [5.74, 6) is 2.92. The molecule has 102 valence electrons. The first kappa shape index (κ1) is 15.2. The van der Waals surface area contributed by atoms with Gasteiger partial charge >= 0.3 is 0 Å². The van der Waals surface area contributed by atoms with Crippen LogP contribution >= 0.6 is 11.8 Å². The highest BCUT2D eigenvalue weighted by atomic mass is 32.2. The third-order valence-electron chi connectivity index (χ3n) is 3.15. The molecular formula is C14H23NO2S. The number of rotatable bonds is 7. The van der Waals surface area contributed by atoms with Crippen LogP contribution in [0.5, 0.6) is 11.5 Å². The first-order valence-electron chi connectivity index (χ1n) is 6.07. The van der Waals surface area contributed by atoms with Crippen molar-refractivity contribution in [1.29, 1.82) is 0 Å². The molecule has 1 aromatic carbocycles. The fourth-order valence-corrected chi connectivity index (χ4v) is 2.62. The van der Waals surface area contributed by atoms with Gasteiger partial charge in [0.25, 0.3) is 0 Å². The molecule has 0 aliphatic heterocycles. The standard InChI is InChI=1S/C14H23NO2S/c1-10-13(16-3)7-6-11(14(10)17-4)12(15-2)8-9-18-5/h6-7,12,15H,8-9H2,1-5H3. The molecule has 0 aliphatic rings. The molecule has 0 aliphatic carbocycles. The third kappa shape index (κ3) is 3.33. The van der Waals surface area contributed by atoms with Crippen molar-refractivity contribution in [3.8, 4) is 11.5 Å². The van der Waals surface area contributed by atoms with Gasteiger partial charge in [-0.1, -0.05) is 6.07 Å². The highest BCUT2D eigenvalue weighted by Gasteiger charge is 2.17. The Labute approximate surface area is 114 Å². The summed E-state index contributed by atoms with van der Waals surface area (Å²) < 4.78 is 10.9. The molecule has 0 heterocycles. The quantitative estimate of drug-likeness (QED) is 0.824. The Morgan fingerprint density at radius 3 is 2.50 bits per heavy atom. The molecule has 3 nitrogen and oxygen atoms in total. The Morgan fingerprint density at radius 2 is 2.00 bits per heavy atom. The Balaban J connectivity index is 3.10. The van der Waals surface area contributed by atoms with Gasteiger partial charge < -0.3 is 14.8 Å². The van der Waals surface area contributed by atoms with Crippen LogP contribution in [0, 0.1) is 6.92 Å². The summed E-state index contributed by atoms with van der Waals surface area (Å²) in [5, 5.41) is 3.36. The van der Waals surface area contributed by atoms with E-state index in [1.165, 1.54) is 5.56 Å². The van der Waals surface area contributed by atoms with E-state index < -0.39 is 0 Å². The fourth-order valence-electron chi connectivity index (χ4n) is 2.15. The van der Waals surface area contributed by atoms with Crippen LogP contribution in [0.3, 0.4) is 0 Å². The number of methoxy groups -OCH3 is 2. The largest absolute Gasteiger partial charge is 0.496 e. The van der Waals surface area contributed by atoms with Crippen LogP contribution in [-0.4, -0.2) is 33.3 Å². The van der Waals surface area contributed by atoms with Crippen molar-refractivity contribution in [1.82, 2.24) is 5.32 Å². The zero-order valence-corrected chi connectivity index (χ0v) is 12.7. The van der Waals surface area contributed by atoms with Crippen LogP contribution in [0.2, 0.25) is 0 Å². The molecule has 1 N–H and O–H groups in total. The highest BCUT2D eigenvalue weighted by molar-refractivity contribution is 7.98. The second kappa shape index (κ2) is 7.54. The molecule has 0 amide bonds. The lowest BCUT2D eigenvalue weighted by molar-refractivity contribution is 0.380. The topological polar surface area (TPSA) is 30.5 Å². The van der Waals surface area contributed by atoms with E-state index in [4.69, 9.17) is 9.47 Å². The van der Waals surface area contributed by atoms with Gasteiger partial charge in [0.1, 0.15) is 11.5 Å². The summed E-state index contributed by atoms with van der Waals surface area (Å²) in [6, 6.07) is 4.42. The highest BCUT2D eigenvalue weighted by Crippen LogP contribution is 2.35. The minimum atomic E-state index is 0.317. The minimum Gasteiger partial charge on any atom is -0.496 e. The van der Waals surface area contributed by atoms with Gasteiger partial charge in [-0.05, 0) is 38.5 Å². The van der Waals surface area contributed by atoms with Crippen LogP contribution in [0.4, 0.5) is 0 Å². The van der Waals surface area contributed by atoms with Crippen molar-refractivity contribution in [2.75, 3.05) is 33.3 Å². The van der Waals surface area contributed by atoms with Crippen molar-refractivity contribution in [3.63, 3.8) is 0 Å². The number of ether oxygens (including phenoxy) is 2. The molecule has 0 radical (unpaired) electrons. The molecule has 1 unspecified atom stereocenters. The van der Waals surface area contributed by atoms with E-state index >= 15 is 0 Å². The Morgan fingerprint density at radius 1 is 1.28 bits per heavy atom. The number of benzene rings is 1. The van der Waals surface area contributed by atoms with Crippen LogP contribution in [-0.2, 0) is 0 Å². The molecule has 0 spiro atoms. The smallest absolute Gasteiger partial charge is 0.130 e. The molecule has 0 bridgehead atoms. The lowest BCUT2D eigenvalue weighted by atomic mass is 10.00. The van der Waals surface area contributed by atoms with Gasteiger partial charge in [-0.2, -0.15) is 11.8 Å². The zero-order chi connectivity index (χ0) is 13.5. The van der Waals surface area contributed by atoms with E-state index in [1.807, 2.05) is 31.8 Å².